The minimum atomic E-state index is 0.740. The summed E-state index contributed by atoms with van der Waals surface area (Å²) in [6.07, 6.45) is 1.76. The summed E-state index contributed by atoms with van der Waals surface area (Å²) in [6.45, 7) is 6.10. The first-order chi connectivity index (χ1) is 10.6. The Morgan fingerprint density at radius 1 is 1.09 bits per heavy atom. The number of aromatic nitrogens is 2. The molecule has 0 aliphatic rings. The number of nitrogens with one attached hydrogen (secondary N) is 1. The summed E-state index contributed by atoms with van der Waals surface area (Å²) in [5.41, 5.74) is 8.09. The van der Waals surface area contributed by atoms with Crippen LogP contribution in [0.15, 0.2) is 53.8 Å². The molecule has 4 nitrogen and oxygen atoms in total. The number of rotatable bonds is 3. The summed E-state index contributed by atoms with van der Waals surface area (Å²) in [7, 11) is 0. The summed E-state index contributed by atoms with van der Waals surface area (Å²) in [5.74, 6) is 0.740. The van der Waals surface area contributed by atoms with Crippen LogP contribution in [0.25, 0.3) is 10.9 Å². The minimum Gasteiger partial charge on any atom is -0.261 e. The zero-order chi connectivity index (χ0) is 15.5. The Kier molecular flexibility index (Phi) is 3.83. The van der Waals surface area contributed by atoms with Crippen LogP contribution in [0.4, 0.5) is 5.82 Å². The first-order valence-corrected chi connectivity index (χ1v) is 7.23. The fourth-order valence-corrected chi connectivity index (χ4v) is 2.34. The van der Waals surface area contributed by atoms with Crippen LogP contribution in [0, 0.1) is 13.8 Å². The largest absolute Gasteiger partial charge is 0.261 e. The number of pyridine rings is 2. The molecular formula is C18H18N4. The van der Waals surface area contributed by atoms with Crippen molar-refractivity contribution >= 4 is 22.4 Å². The normalized spacial score (nSPS) is 11.7. The second-order valence-corrected chi connectivity index (χ2v) is 5.37. The van der Waals surface area contributed by atoms with Crippen LogP contribution in [-0.2, 0) is 0 Å². The SMILES string of the molecule is C/C(=N/Nc1cc(C)c2cc(C)ccc2n1)c1ccccn1. The number of benzene rings is 1. The molecule has 0 saturated carbocycles. The number of hydrogen-bond acceptors (Lipinski definition) is 4. The maximum Gasteiger partial charge on any atom is 0.147 e. The average molecular weight is 290 g/mol. The van der Waals surface area contributed by atoms with Gasteiger partial charge in [-0.1, -0.05) is 17.7 Å². The van der Waals surface area contributed by atoms with E-state index in [0.29, 0.717) is 0 Å². The fraction of sp³-hybridized carbons (Fsp3) is 0.167. The Bertz CT molecular complexity index is 838. The molecule has 110 valence electrons. The van der Waals surface area contributed by atoms with E-state index in [-0.39, 0.29) is 0 Å². The summed E-state index contributed by atoms with van der Waals surface area (Å²) in [4.78, 5) is 8.88. The molecule has 0 aliphatic heterocycles. The standard InChI is InChI=1S/C18H18N4/c1-12-7-8-17-15(10-12)13(2)11-18(20-17)22-21-14(3)16-6-4-5-9-19-16/h4-11H,1-3H3,(H,20,22)/b21-14-. The highest BCUT2D eigenvalue weighted by atomic mass is 15.3. The molecule has 1 N–H and O–H groups in total. The van der Waals surface area contributed by atoms with Gasteiger partial charge in [0.2, 0.25) is 0 Å². The number of hydrogen-bond donors (Lipinski definition) is 1. The zero-order valence-electron chi connectivity index (χ0n) is 13.0. The van der Waals surface area contributed by atoms with Crippen molar-refractivity contribution in [2.75, 3.05) is 5.43 Å². The van der Waals surface area contributed by atoms with Gasteiger partial charge in [0.15, 0.2) is 0 Å². The van der Waals surface area contributed by atoms with E-state index in [9.17, 15) is 0 Å². The monoisotopic (exact) mass is 290 g/mol. The topological polar surface area (TPSA) is 50.2 Å². The smallest absolute Gasteiger partial charge is 0.147 e. The van der Waals surface area contributed by atoms with Crippen molar-refractivity contribution in [2.45, 2.75) is 20.8 Å². The lowest BCUT2D eigenvalue weighted by atomic mass is 10.1. The van der Waals surface area contributed by atoms with Crippen molar-refractivity contribution in [3.05, 3.63) is 65.5 Å². The number of aryl methyl sites for hydroxylation is 2. The zero-order valence-corrected chi connectivity index (χ0v) is 13.0. The van der Waals surface area contributed by atoms with E-state index < -0.39 is 0 Å². The van der Waals surface area contributed by atoms with E-state index in [1.165, 1.54) is 16.5 Å². The molecular weight excluding hydrogens is 272 g/mol. The summed E-state index contributed by atoms with van der Waals surface area (Å²) < 4.78 is 0. The molecule has 3 aromatic rings. The van der Waals surface area contributed by atoms with E-state index >= 15 is 0 Å². The Balaban J connectivity index is 1.90. The molecule has 0 radical (unpaired) electrons. The number of fused-ring (bicyclic) bond motifs is 1. The highest BCUT2D eigenvalue weighted by Gasteiger charge is 2.03. The molecule has 0 atom stereocenters. The van der Waals surface area contributed by atoms with Gasteiger partial charge < -0.3 is 0 Å². The molecule has 0 fully saturated rings. The van der Waals surface area contributed by atoms with Crippen molar-refractivity contribution in [1.29, 1.82) is 0 Å². The lowest BCUT2D eigenvalue weighted by Crippen LogP contribution is -2.03. The number of anilines is 1. The Morgan fingerprint density at radius 2 is 1.95 bits per heavy atom. The van der Waals surface area contributed by atoms with Gasteiger partial charge in [0, 0.05) is 11.6 Å². The third kappa shape index (κ3) is 2.96. The second-order valence-electron chi connectivity index (χ2n) is 5.37. The molecule has 22 heavy (non-hydrogen) atoms. The van der Waals surface area contributed by atoms with E-state index in [2.05, 4.69) is 46.5 Å². The van der Waals surface area contributed by atoms with E-state index in [1.807, 2.05) is 37.3 Å². The van der Waals surface area contributed by atoms with E-state index in [1.54, 1.807) is 6.20 Å². The van der Waals surface area contributed by atoms with Crippen LogP contribution < -0.4 is 5.43 Å². The molecule has 0 bridgehead atoms. The molecule has 0 saturated heterocycles. The molecule has 0 amide bonds. The van der Waals surface area contributed by atoms with Gasteiger partial charge in [-0.05, 0) is 56.7 Å². The van der Waals surface area contributed by atoms with Crippen molar-refractivity contribution in [2.24, 2.45) is 5.10 Å². The minimum absolute atomic E-state index is 0.740. The highest BCUT2D eigenvalue weighted by Crippen LogP contribution is 2.21. The van der Waals surface area contributed by atoms with Crippen molar-refractivity contribution in [1.82, 2.24) is 9.97 Å². The lowest BCUT2D eigenvalue weighted by Gasteiger charge is -2.07. The average Bonchev–Trinajstić information content (AvgIpc) is 2.54. The summed E-state index contributed by atoms with van der Waals surface area (Å²) in [6, 6.07) is 14.0. The summed E-state index contributed by atoms with van der Waals surface area (Å²) in [5, 5.41) is 5.55. The van der Waals surface area contributed by atoms with Gasteiger partial charge in [-0.25, -0.2) is 4.98 Å². The first kappa shape index (κ1) is 14.2. The Hall–Kier alpha value is -2.75. The molecule has 0 aliphatic carbocycles. The van der Waals surface area contributed by atoms with Crippen molar-refractivity contribution in [3.8, 4) is 0 Å². The molecule has 3 rings (SSSR count). The van der Waals surface area contributed by atoms with Gasteiger partial charge in [-0.3, -0.25) is 10.4 Å². The molecule has 2 heterocycles. The van der Waals surface area contributed by atoms with Crippen molar-refractivity contribution < 1.29 is 0 Å². The van der Waals surface area contributed by atoms with Crippen LogP contribution in [0.5, 0.6) is 0 Å². The van der Waals surface area contributed by atoms with Gasteiger partial charge >= 0.3 is 0 Å². The van der Waals surface area contributed by atoms with Crippen LogP contribution in [0.2, 0.25) is 0 Å². The highest BCUT2D eigenvalue weighted by molar-refractivity contribution is 5.97. The quantitative estimate of drug-likeness (QED) is 0.584. The Labute approximate surface area is 129 Å². The molecule has 4 heteroatoms. The van der Waals surface area contributed by atoms with E-state index in [4.69, 9.17) is 0 Å². The van der Waals surface area contributed by atoms with Gasteiger partial charge in [0.1, 0.15) is 5.82 Å². The van der Waals surface area contributed by atoms with Gasteiger partial charge in [0.05, 0.1) is 16.9 Å². The van der Waals surface area contributed by atoms with Gasteiger partial charge in [-0.2, -0.15) is 5.10 Å². The predicted octanol–water partition coefficient (Wildman–Crippen LogP) is 4.08. The maximum atomic E-state index is 4.60. The van der Waals surface area contributed by atoms with Crippen LogP contribution in [0.1, 0.15) is 23.7 Å². The van der Waals surface area contributed by atoms with Crippen molar-refractivity contribution in [3.63, 3.8) is 0 Å². The molecule has 0 spiro atoms. The molecule has 0 unspecified atom stereocenters. The fourth-order valence-electron chi connectivity index (χ4n) is 2.34. The number of nitrogens with zero attached hydrogens (tertiary/aromatic N) is 3. The third-order valence-corrected chi connectivity index (χ3v) is 3.54. The molecule has 2 aromatic heterocycles. The molecule has 1 aromatic carbocycles. The van der Waals surface area contributed by atoms with Gasteiger partial charge in [0.25, 0.3) is 0 Å². The third-order valence-electron chi connectivity index (χ3n) is 3.54. The van der Waals surface area contributed by atoms with Crippen LogP contribution >= 0.6 is 0 Å². The van der Waals surface area contributed by atoms with Crippen LogP contribution in [-0.4, -0.2) is 15.7 Å². The predicted molar refractivity (Wildman–Crippen MR) is 91.3 cm³/mol. The van der Waals surface area contributed by atoms with E-state index in [0.717, 1.165) is 22.7 Å². The van der Waals surface area contributed by atoms with Crippen LogP contribution in [0.3, 0.4) is 0 Å². The summed E-state index contributed by atoms with van der Waals surface area (Å²) >= 11 is 0. The second kappa shape index (κ2) is 5.93. The number of hydrazone groups is 1. The lowest BCUT2D eigenvalue weighted by molar-refractivity contribution is 1.21. The first-order valence-electron chi connectivity index (χ1n) is 7.23. The maximum absolute atomic E-state index is 4.60. The Morgan fingerprint density at radius 3 is 2.73 bits per heavy atom. The van der Waals surface area contributed by atoms with Gasteiger partial charge in [-0.15, -0.1) is 0 Å².